The Labute approximate surface area is 176 Å². The number of carboxylic acid groups (broad SMARTS) is 1. The van der Waals surface area contributed by atoms with Crippen LogP contribution >= 0.6 is 0 Å². The quantitative estimate of drug-likeness (QED) is 0.511. The van der Waals surface area contributed by atoms with Gasteiger partial charge in [0.1, 0.15) is 5.75 Å². The summed E-state index contributed by atoms with van der Waals surface area (Å²) in [7, 11) is 1.66. The molecule has 4 rings (SSSR count). The lowest BCUT2D eigenvalue weighted by Gasteiger charge is -2.17. The van der Waals surface area contributed by atoms with E-state index in [0.29, 0.717) is 11.6 Å². The molecule has 2 aromatic carbocycles. The number of aryl methyl sites for hydroxylation is 2. The summed E-state index contributed by atoms with van der Waals surface area (Å²) in [4.78, 5) is 16.6. The number of anilines is 2. The maximum atomic E-state index is 11.8. The average Bonchev–Trinajstić information content (AvgIpc) is 3.59. The lowest BCUT2D eigenvalue weighted by atomic mass is 9.99. The Balaban J connectivity index is 1.75. The number of aromatic carboxylic acids is 1. The molecule has 0 atom stereocenters. The molecule has 1 heterocycles. The standard InChI is InChI=1S/C25H26N2O3/c1-4-16-10-15(2)11-22(25(28)29)24(16)27-19-13-21(17-8-9-17)23(26-14-19)18-6-5-7-20(12-18)30-3/h5-7,10-14,17,27H,4,8-9H2,1-3H3,(H,28,29). The summed E-state index contributed by atoms with van der Waals surface area (Å²) < 4.78 is 5.37. The fourth-order valence-electron chi connectivity index (χ4n) is 3.87. The molecule has 154 valence electrons. The van der Waals surface area contributed by atoms with Gasteiger partial charge < -0.3 is 15.2 Å². The molecule has 3 aromatic rings. The Morgan fingerprint density at radius 3 is 2.70 bits per heavy atom. The van der Waals surface area contributed by atoms with E-state index in [9.17, 15) is 9.90 Å². The molecule has 1 aliphatic rings. The van der Waals surface area contributed by atoms with E-state index in [0.717, 1.165) is 53.1 Å². The minimum atomic E-state index is -0.931. The van der Waals surface area contributed by atoms with Crippen molar-refractivity contribution in [1.82, 2.24) is 4.98 Å². The Kier molecular flexibility index (Phi) is 5.44. The maximum absolute atomic E-state index is 11.8. The van der Waals surface area contributed by atoms with E-state index in [1.807, 2.05) is 44.2 Å². The van der Waals surface area contributed by atoms with Crippen LogP contribution in [0.2, 0.25) is 0 Å². The van der Waals surface area contributed by atoms with Crippen LogP contribution in [0.25, 0.3) is 11.3 Å². The van der Waals surface area contributed by atoms with Gasteiger partial charge in [0.25, 0.3) is 0 Å². The van der Waals surface area contributed by atoms with Crippen molar-refractivity contribution in [1.29, 1.82) is 0 Å². The van der Waals surface area contributed by atoms with Crippen molar-refractivity contribution in [3.63, 3.8) is 0 Å². The van der Waals surface area contributed by atoms with Crippen LogP contribution in [0.15, 0.2) is 48.7 Å². The van der Waals surface area contributed by atoms with E-state index in [1.165, 1.54) is 5.56 Å². The lowest BCUT2D eigenvalue weighted by molar-refractivity contribution is 0.0698. The molecule has 5 heteroatoms. The number of carboxylic acids is 1. The zero-order chi connectivity index (χ0) is 21.3. The molecule has 0 saturated heterocycles. The van der Waals surface area contributed by atoms with Gasteiger partial charge in [-0.05, 0) is 73.1 Å². The summed E-state index contributed by atoms with van der Waals surface area (Å²) in [6.07, 6.45) is 4.82. The van der Waals surface area contributed by atoms with Crippen LogP contribution in [-0.2, 0) is 6.42 Å². The van der Waals surface area contributed by atoms with Crippen molar-refractivity contribution in [3.8, 4) is 17.0 Å². The highest BCUT2D eigenvalue weighted by molar-refractivity contribution is 5.96. The fraction of sp³-hybridized carbons (Fsp3) is 0.280. The number of benzene rings is 2. The Morgan fingerprint density at radius 1 is 1.23 bits per heavy atom. The van der Waals surface area contributed by atoms with Crippen LogP contribution in [0, 0.1) is 6.92 Å². The van der Waals surface area contributed by atoms with Gasteiger partial charge in [0.2, 0.25) is 0 Å². The molecule has 0 aliphatic heterocycles. The highest BCUT2D eigenvalue weighted by Crippen LogP contribution is 2.45. The SMILES string of the molecule is CCc1cc(C)cc(C(=O)O)c1Nc1cnc(-c2cccc(OC)c2)c(C2CC2)c1. The van der Waals surface area contributed by atoms with Crippen molar-refractivity contribution in [3.05, 3.63) is 70.9 Å². The van der Waals surface area contributed by atoms with Crippen LogP contribution in [0.5, 0.6) is 5.75 Å². The molecule has 30 heavy (non-hydrogen) atoms. The first-order valence-electron chi connectivity index (χ1n) is 10.3. The van der Waals surface area contributed by atoms with Crippen molar-refractivity contribution in [2.45, 2.75) is 39.0 Å². The molecule has 0 bridgehead atoms. The summed E-state index contributed by atoms with van der Waals surface area (Å²) in [5.41, 5.74) is 6.85. The summed E-state index contributed by atoms with van der Waals surface area (Å²) in [6.45, 7) is 3.95. The Morgan fingerprint density at radius 2 is 2.03 bits per heavy atom. The molecule has 1 fully saturated rings. The largest absolute Gasteiger partial charge is 0.497 e. The van der Waals surface area contributed by atoms with Gasteiger partial charge >= 0.3 is 5.97 Å². The van der Waals surface area contributed by atoms with Crippen molar-refractivity contribution < 1.29 is 14.6 Å². The van der Waals surface area contributed by atoms with Gasteiger partial charge in [-0.3, -0.25) is 4.98 Å². The first-order valence-corrected chi connectivity index (χ1v) is 10.3. The second-order valence-electron chi connectivity index (χ2n) is 7.80. The predicted molar refractivity (Wildman–Crippen MR) is 119 cm³/mol. The van der Waals surface area contributed by atoms with Crippen LogP contribution in [0.3, 0.4) is 0 Å². The normalized spacial score (nSPS) is 13.2. The topological polar surface area (TPSA) is 71.5 Å². The van der Waals surface area contributed by atoms with Gasteiger partial charge in [-0.1, -0.05) is 25.1 Å². The minimum absolute atomic E-state index is 0.289. The summed E-state index contributed by atoms with van der Waals surface area (Å²) in [5, 5.41) is 13.1. The molecule has 0 amide bonds. The number of ether oxygens (including phenoxy) is 1. The van der Waals surface area contributed by atoms with Gasteiger partial charge in [-0.2, -0.15) is 0 Å². The second kappa shape index (κ2) is 8.19. The third kappa shape index (κ3) is 4.01. The highest BCUT2D eigenvalue weighted by atomic mass is 16.5. The van der Waals surface area contributed by atoms with E-state index in [-0.39, 0.29) is 5.56 Å². The Bertz CT molecular complexity index is 1100. The number of nitrogens with one attached hydrogen (secondary N) is 1. The molecule has 1 aromatic heterocycles. The van der Waals surface area contributed by atoms with Crippen LogP contribution < -0.4 is 10.1 Å². The van der Waals surface area contributed by atoms with Crippen LogP contribution in [0.4, 0.5) is 11.4 Å². The Hall–Kier alpha value is -3.34. The van der Waals surface area contributed by atoms with Gasteiger partial charge in [0.15, 0.2) is 0 Å². The third-order valence-electron chi connectivity index (χ3n) is 5.52. The zero-order valence-corrected chi connectivity index (χ0v) is 17.5. The molecular formula is C25H26N2O3. The van der Waals surface area contributed by atoms with Crippen LogP contribution in [-0.4, -0.2) is 23.2 Å². The number of carbonyl (C=O) groups is 1. The summed E-state index contributed by atoms with van der Waals surface area (Å²) in [5.74, 6) is 0.360. The highest BCUT2D eigenvalue weighted by Gasteiger charge is 2.28. The van der Waals surface area contributed by atoms with Gasteiger partial charge in [0, 0.05) is 5.56 Å². The van der Waals surface area contributed by atoms with Crippen molar-refractivity contribution >= 4 is 17.3 Å². The molecular weight excluding hydrogens is 376 g/mol. The van der Waals surface area contributed by atoms with Gasteiger partial charge in [-0.25, -0.2) is 4.79 Å². The fourth-order valence-corrected chi connectivity index (χ4v) is 3.87. The van der Waals surface area contributed by atoms with Gasteiger partial charge in [-0.15, -0.1) is 0 Å². The van der Waals surface area contributed by atoms with Crippen LogP contribution in [0.1, 0.15) is 52.7 Å². The van der Waals surface area contributed by atoms with Crippen molar-refractivity contribution in [2.75, 3.05) is 12.4 Å². The molecule has 0 spiro atoms. The van der Waals surface area contributed by atoms with Gasteiger partial charge in [0.05, 0.1) is 35.9 Å². The minimum Gasteiger partial charge on any atom is -0.497 e. The van der Waals surface area contributed by atoms with E-state index in [2.05, 4.69) is 11.4 Å². The van der Waals surface area contributed by atoms with E-state index >= 15 is 0 Å². The smallest absolute Gasteiger partial charge is 0.337 e. The number of hydrogen-bond donors (Lipinski definition) is 2. The number of hydrogen-bond acceptors (Lipinski definition) is 4. The summed E-state index contributed by atoms with van der Waals surface area (Å²) >= 11 is 0. The van der Waals surface area contributed by atoms with Crippen molar-refractivity contribution in [2.24, 2.45) is 0 Å². The lowest BCUT2D eigenvalue weighted by Crippen LogP contribution is -2.07. The van der Waals surface area contributed by atoms with E-state index < -0.39 is 5.97 Å². The second-order valence-corrected chi connectivity index (χ2v) is 7.80. The maximum Gasteiger partial charge on any atom is 0.337 e. The molecule has 0 unspecified atom stereocenters. The number of methoxy groups -OCH3 is 1. The van der Waals surface area contributed by atoms with E-state index in [4.69, 9.17) is 9.72 Å². The monoisotopic (exact) mass is 402 g/mol. The zero-order valence-electron chi connectivity index (χ0n) is 17.5. The first kappa shape index (κ1) is 20.0. The number of aromatic nitrogens is 1. The number of rotatable bonds is 7. The molecule has 5 nitrogen and oxygen atoms in total. The average molecular weight is 402 g/mol. The third-order valence-corrected chi connectivity index (χ3v) is 5.52. The molecule has 0 radical (unpaired) electrons. The number of nitrogens with zero attached hydrogens (tertiary/aromatic N) is 1. The number of pyridine rings is 1. The molecule has 1 saturated carbocycles. The summed E-state index contributed by atoms with van der Waals surface area (Å²) in [6, 6.07) is 13.8. The first-order chi connectivity index (χ1) is 14.5. The molecule has 1 aliphatic carbocycles. The molecule has 2 N–H and O–H groups in total. The predicted octanol–water partition coefficient (Wildman–Crippen LogP) is 5.95. The van der Waals surface area contributed by atoms with E-state index in [1.54, 1.807) is 19.4 Å².